The lowest BCUT2D eigenvalue weighted by Gasteiger charge is -2.33. The predicted molar refractivity (Wildman–Crippen MR) is 94.9 cm³/mol. The molecule has 3 rings (SSSR count). The Morgan fingerprint density at radius 3 is 2.92 bits per heavy atom. The van der Waals surface area contributed by atoms with Crippen LogP contribution >= 0.6 is 0 Å². The van der Waals surface area contributed by atoms with Crippen LogP contribution in [-0.2, 0) is 13.6 Å². The Morgan fingerprint density at radius 1 is 1.33 bits per heavy atom. The number of piperidine rings is 1. The van der Waals surface area contributed by atoms with Crippen molar-refractivity contribution in [2.45, 2.75) is 39.3 Å². The van der Waals surface area contributed by atoms with E-state index < -0.39 is 0 Å². The van der Waals surface area contributed by atoms with E-state index in [1.807, 2.05) is 7.05 Å². The maximum absolute atomic E-state index is 12.3. The van der Waals surface area contributed by atoms with Gasteiger partial charge in [0.05, 0.1) is 0 Å². The summed E-state index contributed by atoms with van der Waals surface area (Å²) in [7, 11) is 1.82. The van der Waals surface area contributed by atoms with Crippen molar-refractivity contribution in [3.05, 3.63) is 52.8 Å². The fourth-order valence-corrected chi connectivity index (χ4v) is 3.32. The molecule has 2 aromatic rings. The fraction of sp³-hybridized carbons (Fsp3) is 0.474. The van der Waals surface area contributed by atoms with Crippen LogP contribution in [0.2, 0.25) is 0 Å². The van der Waals surface area contributed by atoms with Gasteiger partial charge in [-0.15, -0.1) is 0 Å². The number of hydrogen-bond donors (Lipinski definition) is 1. The number of carbonyl (C=O) groups excluding carboxylic acids is 1. The number of aryl methyl sites for hydroxylation is 3. The number of hydrogen-bond acceptors (Lipinski definition) is 3. The van der Waals surface area contributed by atoms with Crippen LogP contribution in [0.1, 0.15) is 40.0 Å². The molecule has 1 saturated heterocycles. The highest BCUT2D eigenvalue weighted by atomic mass is 16.2. The summed E-state index contributed by atoms with van der Waals surface area (Å²) < 4.78 is 1.66. The number of rotatable bonds is 4. The standard InChI is InChI=1S/C19H26N4O/c1-14-6-7-15(2)16(11-14)12-23-9-4-5-17(13-23)20-19(24)18-8-10-22(3)21-18/h6-8,10-11,17H,4-5,9,12-13H2,1-3H3,(H,20,24). The molecule has 1 aromatic heterocycles. The highest BCUT2D eigenvalue weighted by Gasteiger charge is 2.23. The Bertz CT molecular complexity index is 722. The SMILES string of the molecule is Cc1ccc(C)c(CN2CCCC(NC(=O)c3ccn(C)n3)C2)c1. The maximum atomic E-state index is 12.3. The molecule has 2 heterocycles. The van der Waals surface area contributed by atoms with Gasteiger partial charge in [0.1, 0.15) is 5.69 Å². The van der Waals surface area contributed by atoms with E-state index in [1.165, 1.54) is 16.7 Å². The minimum Gasteiger partial charge on any atom is -0.347 e. The zero-order chi connectivity index (χ0) is 17.1. The smallest absolute Gasteiger partial charge is 0.272 e. The zero-order valence-electron chi connectivity index (χ0n) is 14.7. The van der Waals surface area contributed by atoms with Crippen LogP contribution in [0, 0.1) is 13.8 Å². The summed E-state index contributed by atoms with van der Waals surface area (Å²) in [5, 5.41) is 7.31. The van der Waals surface area contributed by atoms with Crippen molar-refractivity contribution in [3.63, 3.8) is 0 Å². The average molecular weight is 326 g/mol. The van der Waals surface area contributed by atoms with Gasteiger partial charge >= 0.3 is 0 Å². The summed E-state index contributed by atoms with van der Waals surface area (Å²) in [6.45, 7) is 7.23. The Hall–Kier alpha value is -2.14. The summed E-state index contributed by atoms with van der Waals surface area (Å²) in [6.07, 6.45) is 3.93. The molecule has 0 bridgehead atoms. The van der Waals surface area contributed by atoms with E-state index in [2.05, 4.69) is 47.4 Å². The Kier molecular flexibility index (Phi) is 5.00. The first kappa shape index (κ1) is 16.7. The van der Waals surface area contributed by atoms with Crippen molar-refractivity contribution in [2.75, 3.05) is 13.1 Å². The number of nitrogens with one attached hydrogen (secondary N) is 1. The first-order valence-corrected chi connectivity index (χ1v) is 8.60. The van der Waals surface area contributed by atoms with Crippen LogP contribution in [0.4, 0.5) is 0 Å². The molecule has 0 aliphatic carbocycles. The van der Waals surface area contributed by atoms with Gasteiger partial charge in [-0.25, -0.2) is 0 Å². The molecule has 0 radical (unpaired) electrons. The van der Waals surface area contributed by atoms with Gasteiger partial charge in [-0.1, -0.05) is 23.8 Å². The molecule has 1 unspecified atom stereocenters. The number of benzene rings is 1. The maximum Gasteiger partial charge on any atom is 0.272 e. The Labute approximate surface area is 143 Å². The highest BCUT2D eigenvalue weighted by Crippen LogP contribution is 2.17. The Morgan fingerprint density at radius 2 is 2.17 bits per heavy atom. The second-order valence-electron chi connectivity index (χ2n) is 6.85. The molecule has 0 saturated carbocycles. The van der Waals surface area contributed by atoms with Gasteiger partial charge in [0.2, 0.25) is 0 Å². The quantitative estimate of drug-likeness (QED) is 0.939. The number of nitrogens with zero attached hydrogens (tertiary/aromatic N) is 3. The van der Waals surface area contributed by atoms with Crippen LogP contribution in [0.25, 0.3) is 0 Å². The first-order valence-electron chi connectivity index (χ1n) is 8.60. The van der Waals surface area contributed by atoms with E-state index in [-0.39, 0.29) is 11.9 Å². The van der Waals surface area contributed by atoms with Crippen LogP contribution in [0.5, 0.6) is 0 Å². The monoisotopic (exact) mass is 326 g/mol. The molecular formula is C19H26N4O. The molecule has 1 fully saturated rings. The third-order valence-electron chi connectivity index (χ3n) is 4.69. The summed E-state index contributed by atoms with van der Waals surface area (Å²) in [5.41, 5.74) is 4.50. The minimum atomic E-state index is -0.0748. The lowest BCUT2D eigenvalue weighted by atomic mass is 10.0. The second-order valence-corrected chi connectivity index (χ2v) is 6.85. The molecule has 5 nitrogen and oxygen atoms in total. The molecule has 0 spiro atoms. The van der Waals surface area contributed by atoms with E-state index in [4.69, 9.17) is 0 Å². The second kappa shape index (κ2) is 7.18. The van der Waals surface area contributed by atoms with Crippen molar-refractivity contribution in [1.82, 2.24) is 20.0 Å². The molecule has 24 heavy (non-hydrogen) atoms. The molecule has 5 heteroatoms. The van der Waals surface area contributed by atoms with Gasteiger partial charge in [0, 0.05) is 32.4 Å². The lowest BCUT2D eigenvalue weighted by Crippen LogP contribution is -2.47. The third-order valence-corrected chi connectivity index (χ3v) is 4.69. The van der Waals surface area contributed by atoms with Crippen molar-refractivity contribution >= 4 is 5.91 Å². The van der Waals surface area contributed by atoms with Crippen LogP contribution < -0.4 is 5.32 Å². The fourth-order valence-electron chi connectivity index (χ4n) is 3.32. The minimum absolute atomic E-state index is 0.0748. The first-order chi connectivity index (χ1) is 11.5. The molecular weight excluding hydrogens is 300 g/mol. The number of aromatic nitrogens is 2. The summed E-state index contributed by atoms with van der Waals surface area (Å²) in [4.78, 5) is 14.7. The van der Waals surface area contributed by atoms with E-state index >= 15 is 0 Å². The van der Waals surface area contributed by atoms with Crippen molar-refractivity contribution in [1.29, 1.82) is 0 Å². The van der Waals surface area contributed by atoms with Crippen molar-refractivity contribution < 1.29 is 4.79 Å². The van der Waals surface area contributed by atoms with Gasteiger partial charge in [-0.3, -0.25) is 14.4 Å². The Balaban J connectivity index is 1.60. The van der Waals surface area contributed by atoms with Crippen LogP contribution in [-0.4, -0.2) is 39.7 Å². The third kappa shape index (κ3) is 4.03. The lowest BCUT2D eigenvalue weighted by molar-refractivity contribution is 0.0895. The topological polar surface area (TPSA) is 50.2 Å². The summed E-state index contributed by atoms with van der Waals surface area (Å²) in [6, 6.07) is 8.57. The van der Waals surface area contributed by atoms with Gasteiger partial charge in [0.25, 0.3) is 5.91 Å². The van der Waals surface area contributed by atoms with Gasteiger partial charge in [-0.2, -0.15) is 5.10 Å². The predicted octanol–water partition coefficient (Wildman–Crippen LogP) is 2.43. The van der Waals surface area contributed by atoms with E-state index in [0.29, 0.717) is 5.69 Å². The van der Waals surface area contributed by atoms with Crippen molar-refractivity contribution in [3.8, 4) is 0 Å². The van der Waals surface area contributed by atoms with E-state index in [0.717, 1.165) is 32.5 Å². The highest BCUT2D eigenvalue weighted by molar-refractivity contribution is 5.92. The molecule has 128 valence electrons. The molecule has 1 aliphatic heterocycles. The molecule has 1 amide bonds. The molecule has 1 aromatic carbocycles. The van der Waals surface area contributed by atoms with Gasteiger partial charge in [-0.05, 0) is 50.4 Å². The molecule has 1 aliphatic rings. The summed E-state index contributed by atoms with van der Waals surface area (Å²) in [5.74, 6) is -0.0748. The number of carbonyl (C=O) groups is 1. The van der Waals surface area contributed by atoms with Crippen molar-refractivity contribution in [2.24, 2.45) is 7.05 Å². The zero-order valence-corrected chi connectivity index (χ0v) is 14.7. The van der Waals surface area contributed by atoms with E-state index in [9.17, 15) is 4.79 Å². The van der Waals surface area contributed by atoms with Gasteiger partial charge in [0.15, 0.2) is 0 Å². The van der Waals surface area contributed by atoms with Crippen LogP contribution in [0.15, 0.2) is 30.5 Å². The normalized spacial score (nSPS) is 18.5. The summed E-state index contributed by atoms with van der Waals surface area (Å²) >= 11 is 0. The number of likely N-dealkylation sites (tertiary alicyclic amines) is 1. The average Bonchev–Trinajstić information content (AvgIpc) is 2.98. The van der Waals surface area contributed by atoms with Gasteiger partial charge < -0.3 is 5.32 Å². The molecule has 1 atom stereocenters. The van der Waals surface area contributed by atoms with Crippen LogP contribution in [0.3, 0.4) is 0 Å². The molecule has 1 N–H and O–H groups in total. The van der Waals surface area contributed by atoms with E-state index in [1.54, 1.807) is 16.9 Å². The number of amides is 1. The largest absolute Gasteiger partial charge is 0.347 e.